The van der Waals surface area contributed by atoms with E-state index in [0.717, 1.165) is 19.5 Å². The highest BCUT2D eigenvalue weighted by molar-refractivity contribution is 5.85. The summed E-state index contributed by atoms with van der Waals surface area (Å²) >= 11 is 0. The predicted octanol–water partition coefficient (Wildman–Crippen LogP) is 2.25. The molecule has 3 nitrogen and oxygen atoms in total. The molecule has 1 saturated heterocycles. The van der Waals surface area contributed by atoms with Crippen molar-refractivity contribution in [3.05, 3.63) is 0 Å². The lowest BCUT2D eigenvalue weighted by molar-refractivity contribution is -0.125. The lowest BCUT2D eigenvalue weighted by Gasteiger charge is -2.22. The van der Waals surface area contributed by atoms with Crippen molar-refractivity contribution in [3.8, 4) is 0 Å². The summed E-state index contributed by atoms with van der Waals surface area (Å²) < 4.78 is 0. The minimum Gasteiger partial charge on any atom is -0.353 e. The quantitative estimate of drug-likeness (QED) is 0.800. The van der Waals surface area contributed by atoms with E-state index in [4.69, 9.17) is 0 Å². The maximum Gasteiger partial charge on any atom is 0.224 e. The monoisotopic (exact) mass is 260 g/mol. The molecular formula is C13H25ClN2O. The van der Waals surface area contributed by atoms with Crippen molar-refractivity contribution in [3.63, 3.8) is 0 Å². The van der Waals surface area contributed by atoms with E-state index >= 15 is 0 Å². The van der Waals surface area contributed by atoms with Gasteiger partial charge in [0, 0.05) is 12.6 Å². The summed E-state index contributed by atoms with van der Waals surface area (Å²) in [6, 6.07) is 0.452. The Morgan fingerprint density at radius 3 is 2.24 bits per heavy atom. The number of amides is 1. The Labute approximate surface area is 111 Å². The molecule has 2 fully saturated rings. The van der Waals surface area contributed by atoms with Crippen LogP contribution < -0.4 is 10.6 Å². The van der Waals surface area contributed by atoms with Crippen LogP contribution >= 0.6 is 12.4 Å². The number of carbonyl (C=O) groups excluding carboxylic acids is 1. The van der Waals surface area contributed by atoms with Gasteiger partial charge in [-0.05, 0) is 25.8 Å². The smallest absolute Gasteiger partial charge is 0.224 e. The maximum absolute atomic E-state index is 12.0. The summed E-state index contributed by atoms with van der Waals surface area (Å²) in [4.78, 5) is 12.0. The largest absolute Gasteiger partial charge is 0.353 e. The van der Waals surface area contributed by atoms with Gasteiger partial charge in [-0.3, -0.25) is 4.79 Å². The molecule has 1 unspecified atom stereocenters. The predicted molar refractivity (Wildman–Crippen MR) is 72.5 cm³/mol. The maximum atomic E-state index is 12.0. The third-order valence-electron chi connectivity index (χ3n) is 3.88. The standard InChI is InChI=1S/C13H24N2O.ClH/c16-13(11-8-9-14-10-11)15-12-6-4-2-1-3-5-7-12;/h11-12,14H,1-10H2,(H,15,16);1H. The second-order valence-corrected chi connectivity index (χ2v) is 5.24. The fourth-order valence-electron chi connectivity index (χ4n) is 2.80. The molecule has 0 aromatic rings. The van der Waals surface area contributed by atoms with E-state index in [1.54, 1.807) is 0 Å². The van der Waals surface area contributed by atoms with Gasteiger partial charge in [0.25, 0.3) is 0 Å². The Kier molecular flexibility index (Phi) is 6.90. The van der Waals surface area contributed by atoms with Crippen LogP contribution in [-0.4, -0.2) is 25.0 Å². The molecule has 17 heavy (non-hydrogen) atoms. The van der Waals surface area contributed by atoms with Crippen LogP contribution in [0.3, 0.4) is 0 Å². The Hall–Kier alpha value is -0.280. The van der Waals surface area contributed by atoms with Gasteiger partial charge in [-0.2, -0.15) is 0 Å². The number of nitrogens with one attached hydrogen (secondary N) is 2. The first-order chi connectivity index (χ1) is 7.86. The number of rotatable bonds is 2. The van der Waals surface area contributed by atoms with Gasteiger partial charge in [-0.1, -0.05) is 32.1 Å². The van der Waals surface area contributed by atoms with Gasteiger partial charge in [-0.15, -0.1) is 12.4 Å². The molecule has 0 aromatic carbocycles. The minimum absolute atomic E-state index is 0. The Balaban J connectivity index is 0.00000144. The average molecular weight is 261 g/mol. The Morgan fingerprint density at radius 1 is 1.00 bits per heavy atom. The molecule has 1 aliphatic heterocycles. The van der Waals surface area contributed by atoms with Crippen LogP contribution in [-0.2, 0) is 4.79 Å². The van der Waals surface area contributed by atoms with Crippen LogP contribution in [0.1, 0.15) is 51.4 Å². The second kappa shape index (κ2) is 7.93. The summed E-state index contributed by atoms with van der Waals surface area (Å²) in [7, 11) is 0. The first-order valence-corrected chi connectivity index (χ1v) is 6.87. The first kappa shape index (κ1) is 14.8. The van der Waals surface area contributed by atoms with Gasteiger partial charge in [-0.25, -0.2) is 0 Å². The van der Waals surface area contributed by atoms with Gasteiger partial charge in [0.15, 0.2) is 0 Å². The summed E-state index contributed by atoms with van der Waals surface area (Å²) in [5, 5.41) is 6.50. The van der Waals surface area contributed by atoms with E-state index in [9.17, 15) is 4.79 Å². The Morgan fingerprint density at radius 2 is 1.65 bits per heavy atom. The third kappa shape index (κ3) is 4.84. The van der Waals surface area contributed by atoms with Crippen molar-refractivity contribution < 1.29 is 4.79 Å². The molecule has 2 N–H and O–H groups in total. The second-order valence-electron chi connectivity index (χ2n) is 5.24. The van der Waals surface area contributed by atoms with Crippen LogP contribution in [0.2, 0.25) is 0 Å². The number of hydrogen-bond donors (Lipinski definition) is 2. The van der Waals surface area contributed by atoms with Gasteiger partial charge in [0.2, 0.25) is 5.91 Å². The summed E-state index contributed by atoms with van der Waals surface area (Å²) in [6.07, 6.45) is 10.0. The van der Waals surface area contributed by atoms with Crippen LogP contribution in [0.5, 0.6) is 0 Å². The highest BCUT2D eigenvalue weighted by Crippen LogP contribution is 2.18. The molecule has 100 valence electrons. The van der Waals surface area contributed by atoms with Crippen molar-refractivity contribution in [2.24, 2.45) is 5.92 Å². The summed E-state index contributed by atoms with van der Waals surface area (Å²) in [6.45, 7) is 1.88. The third-order valence-corrected chi connectivity index (χ3v) is 3.88. The van der Waals surface area contributed by atoms with Crippen molar-refractivity contribution in [2.75, 3.05) is 13.1 Å². The van der Waals surface area contributed by atoms with Crippen LogP contribution in [0.25, 0.3) is 0 Å². The normalized spacial score (nSPS) is 26.7. The van der Waals surface area contributed by atoms with Gasteiger partial charge in [0.1, 0.15) is 0 Å². The molecule has 1 heterocycles. The van der Waals surface area contributed by atoms with Gasteiger partial charge in [0.05, 0.1) is 5.92 Å². The van der Waals surface area contributed by atoms with Crippen LogP contribution in [0.15, 0.2) is 0 Å². The van der Waals surface area contributed by atoms with E-state index < -0.39 is 0 Å². The average Bonchev–Trinajstić information content (AvgIpc) is 2.74. The minimum atomic E-state index is 0. The molecule has 0 aromatic heterocycles. The van der Waals surface area contributed by atoms with E-state index in [-0.39, 0.29) is 24.2 Å². The molecule has 0 bridgehead atoms. The van der Waals surface area contributed by atoms with Crippen molar-refractivity contribution >= 4 is 18.3 Å². The molecule has 1 saturated carbocycles. The van der Waals surface area contributed by atoms with Gasteiger partial charge < -0.3 is 10.6 Å². The van der Waals surface area contributed by atoms with E-state index in [2.05, 4.69) is 10.6 Å². The van der Waals surface area contributed by atoms with E-state index in [1.165, 1.54) is 44.9 Å². The highest BCUT2D eigenvalue weighted by atomic mass is 35.5. The molecule has 1 atom stereocenters. The van der Waals surface area contributed by atoms with Gasteiger partial charge >= 0.3 is 0 Å². The van der Waals surface area contributed by atoms with Crippen LogP contribution in [0.4, 0.5) is 0 Å². The summed E-state index contributed by atoms with van der Waals surface area (Å²) in [5.74, 6) is 0.515. The topological polar surface area (TPSA) is 41.1 Å². The fourth-order valence-corrected chi connectivity index (χ4v) is 2.80. The van der Waals surface area contributed by atoms with Crippen LogP contribution in [0, 0.1) is 5.92 Å². The first-order valence-electron chi connectivity index (χ1n) is 6.87. The van der Waals surface area contributed by atoms with E-state index in [1.807, 2.05) is 0 Å². The number of carbonyl (C=O) groups is 1. The molecule has 0 radical (unpaired) electrons. The SMILES string of the molecule is Cl.O=C(NC1CCCCCCC1)C1CCNC1. The highest BCUT2D eigenvalue weighted by Gasteiger charge is 2.24. The number of halogens is 1. The molecule has 1 amide bonds. The fraction of sp³-hybridized carbons (Fsp3) is 0.923. The molecule has 2 rings (SSSR count). The van der Waals surface area contributed by atoms with Crippen molar-refractivity contribution in [2.45, 2.75) is 57.4 Å². The molecule has 2 aliphatic rings. The zero-order valence-electron chi connectivity index (χ0n) is 10.5. The number of hydrogen-bond acceptors (Lipinski definition) is 2. The molecule has 0 spiro atoms. The van der Waals surface area contributed by atoms with Crippen molar-refractivity contribution in [1.82, 2.24) is 10.6 Å². The molecule has 4 heteroatoms. The van der Waals surface area contributed by atoms with Crippen molar-refractivity contribution in [1.29, 1.82) is 0 Å². The van der Waals surface area contributed by atoms with E-state index in [0.29, 0.717) is 6.04 Å². The summed E-state index contributed by atoms with van der Waals surface area (Å²) in [5.41, 5.74) is 0. The lowest BCUT2D eigenvalue weighted by atomic mass is 9.96. The molecular weight excluding hydrogens is 236 g/mol. The zero-order chi connectivity index (χ0) is 11.2. The lowest BCUT2D eigenvalue weighted by Crippen LogP contribution is -2.39. The molecule has 1 aliphatic carbocycles. The zero-order valence-corrected chi connectivity index (χ0v) is 11.4. The Bertz CT molecular complexity index is 221.